The van der Waals surface area contributed by atoms with E-state index in [0.29, 0.717) is 12.5 Å². The average molecular weight is 312 g/mol. The maximum atomic E-state index is 12.0. The Bertz CT molecular complexity index is 564. The molecule has 0 bridgehead atoms. The minimum absolute atomic E-state index is 0. The Balaban J connectivity index is 0.00000147. The van der Waals surface area contributed by atoms with E-state index in [-0.39, 0.29) is 24.2 Å². The molecule has 1 aromatic heterocycles. The number of carbonyl (C=O) groups excluding carboxylic acids is 1. The molecular weight excluding hydrogens is 294 g/mol. The SMILES string of the molecule is CC(C(=O)NCc1nc2ccccc2s1)C1CNC1.Cl. The van der Waals surface area contributed by atoms with E-state index in [1.54, 1.807) is 11.3 Å². The van der Waals surface area contributed by atoms with Crippen LogP contribution >= 0.6 is 23.7 Å². The first-order chi connectivity index (χ1) is 9.24. The highest BCUT2D eigenvalue weighted by Gasteiger charge is 2.28. The highest BCUT2D eigenvalue weighted by molar-refractivity contribution is 7.18. The lowest BCUT2D eigenvalue weighted by atomic mass is 9.88. The molecule has 2 N–H and O–H groups in total. The third-order valence-corrected chi connectivity index (χ3v) is 4.72. The van der Waals surface area contributed by atoms with Gasteiger partial charge in [-0.3, -0.25) is 4.79 Å². The Morgan fingerprint density at radius 2 is 2.25 bits per heavy atom. The van der Waals surface area contributed by atoms with Gasteiger partial charge in [-0.1, -0.05) is 19.1 Å². The lowest BCUT2D eigenvalue weighted by Gasteiger charge is -2.31. The van der Waals surface area contributed by atoms with Crippen molar-refractivity contribution >= 4 is 39.9 Å². The van der Waals surface area contributed by atoms with Crippen LogP contribution < -0.4 is 10.6 Å². The van der Waals surface area contributed by atoms with Crippen molar-refractivity contribution in [3.63, 3.8) is 0 Å². The summed E-state index contributed by atoms with van der Waals surface area (Å²) in [5, 5.41) is 7.15. The van der Waals surface area contributed by atoms with E-state index in [4.69, 9.17) is 0 Å². The fourth-order valence-corrected chi connectivity index (χ4v) is 3.10. The molecule has 2 aromatic rings. The van der Waals surface area contributed by atoms with Crippen molar-refractivity contribution in [2.24, 2.45) is 11.8 Å². The summed E-state index contributed by atoms with van der Waals surface area (Å²) in [4.78, 5) is 16.5. The summed E-state index contributed by atoms with van der Waals surface area (Å²) in [6.45, 7) is 4.44. The second kappa shape index (κ2) is 6.52. The van der Waals surface area contributed by atoms with E-state index in [1.165, 1.54) is 4.70 Å². The Morgan fingerprint density at radius 3 is 2.90 bits per heavy atom. The quantitative estimate of drug-likeness (QED) is 0.910. The third-order valence-electron chi connectivity index (χ3n) is 3.69. The van der Waals surface area contributed by atoms with Gasteiger partial charge in [0.2, 0.25) is 5.91 Å². The molecule has 1 aliphatic heterocycles. The van der Waals surface area contributed by atoms with Crippen LogP contribution in [0.25, 0.3) is 10.2 Å². The number of thiazole rings is 1. The van der Waals surface area contributed by atoms with Crippen LogP contribution in [0, 0.1) is 11.8 Å². The molecular formula is C14H18ClN3OS. The van der Waals surface area contributed by atoms with Crippen LogP contribution in [0.1, 0.15) is 11.9 Å². The first-order valence-corrected chi connectivity index (χ1v) is 7.38. The van der Waals surface area contributed by atoms with Gasteiger partial charge in [0.25, 0.3) is 0 Å². The number of aromatic nitrogens is 1. The fraction of sp³-hybridized carbons (Fsp3) is 0.429. The van der Waals surface area contributed by atoms with Crippen LogP contribution in [0.4, 0.5) is 0 Å². The molecule has 2 heterocycles. The summed E-state index contributed by atoms with van der Waals surface area (Å²) in [7, 11) is 0. The maximum Gasteiger partial charge on any atom is 0.223 e. The normalized spacial score (nSPS) is 16.2. The Labute approximate surface area is 128 Å². The maximum absolute atomic E-state index is 12.0. The molecule has 1 fully saturated rings. The van der Waals surface area contributed by atoms with E-state index in [0.717, 1.165) is 23.6 Å². The molecule has 1 aromatic carbocycles. The van der Waals surface area contributed by atoms with Crippen molar-refractivity contribution in [2.75, 3.05) is 13.1 Å². The number of carbonyl (C=O) groups is 1. The molecule has 108 valence electrons. The molecule has 1 atom stereocenters. The number of benzene rings is 1. The number of hydrogen-bond donors (Lipinski definition) is 2. The predicted molar refractivity (Wildman–Crippen MR) is 84.2 cm³/mol. The third kappa shape index (κ3) is 3.11. The molecule has 3 rings (SSSR count). The molecule has 0 spiro atoms. The molecule has 1 unspecified atom stereocenters. The average Bonchev–Trinajstić information content (AvgIpc) is 2.76. The number of amides is 1. The van der Waals surface area contributed by atoms with Crippen LogP contribution in [0.15, 0.2) is 24.3 Å². The van der Waals surface area contributed by atoms with E-state index in [1.807, 2.05) is 25.1 Å². The van der Waals surface area contributed by atoms with E-state index >= 15 is 0 Å². The largest absolute Gasteiger partial charge is 0.349 e. The molecule has 1 saturated heterocycles. The summed E-state index contributed by atoms with van der Waals surface area (Å²) in [5.41, 5.74) is 1.01. The van der Waals surface area contributed by atoms with E-state index < -0.39 is 0 Å². The van der Waals surface area contributed by atoms with Crippen LogP contribution in [-0.4, -0.2) is 24.0 Å². The van der Waals surface area contributed by atoms with Crippen LogP contribution in [-0.2, 0) is 11.3 Å². The van der Waals surface area contributed by atoms with Crippen molar-refractivity contribution in [2.45, 2.75) is 13.5 Å². The molecule has 0 saturated carbocycles. The van der Waals surface area contributed by atoms with Gasteiger partial charge < -0.3 is 10.6 Å². The number of hydrogen-bond acceptors (Lipinski definition) is 4. The highest BCUT2D eigenvalue weighted by Crippen LogP contribution is 2.21. The molecule has 0 aliphatic carbocycles. The molecule has 0 radical (unpaired) electrons. The summed E-state index contributed by atoms with van der Waals surface area (Å²) < 4.78 is 1.17. The number of nitrogens with one attached hydrogen (secondary N) is 2. The van der Waals surface area contributed by atoms with Gasteiger partial charge in [0.05, 0.1) is 16.8 Å². The molecule has 4 nitrogen and oxygen atoms in total. The van der Waals surface area contributed by atoms with Crippen LogP contribution in [0.2, 0.25) is 0 Å². The van der Waals surface area contributed by atoms with Crippen molar-refractivity contribution in [1.82, 2.24) is 15.6 Å². The van der Waals surface area contributed by atoms with Crippen LogP contribution in [0.3, 0.4) is 0 Å². The zero-order valence-electron chi connectivity index (χ0n) is 11.3. The van der Waals surface area contributed by atoms with E-state index in [9.17, 15) is 4.79 Å². The first-order valence-electron chi connectivity index (χ1n) is 6.57. The zero-order valence-corrected chi connectivity index (χ0v) is 12.9. The van der Waals surface area contributed by atoms with Crippen molar-refractivity contribution in [3.8, 4) is 0 Å². The van der Waals surface area contributed by atoms with Gasteiger partial charge >= 0.3 is 0 Å². The van der Waals surface area contributed by atoms with Crippen molar-refractivity contribution < 1.29 is 4.79 Å². The number of nitrogens with zero attached hydrogens (tertiary/aromatic N) is 1. The number of rotatable bonds is 4. The van der Waals surface area contributed by atoms with Crippen LogP contribution in [0.5, 0.6) is 0 Å². The lowest BCUT2D eigenvalue weighted by Crippen LogP contribution is -2.49. The second-order valence-corrected chi connectivity index (χ2v) is 6.12. The molecule has 1 amide bonds. The van der Waals surface area contributed by atoms with Gasteiger partial charge in [-0.25, -0.2) is 4.98 Å². The van der Waals surface area contributed by atoms with Gasteiger partial charge in [-0.2, -0.15) is 0 Å². The van der Waals surface area contributed by atoms with E-state index in [2.05, 4.69) is 21.7 Å². The number of para-hydroxylation sites is 1. The van der Waals surface area contributed by atoms with Crippen molar-refractivity contribution in [3.05, 3.63) is 29.3 Å². The van der Waals surface area contributed by atoms with Gasteiger partial charge in [0, 0.05) is 5.92 Å². The molecule has 1 aliphatic rings. The number of fused-ring (bicyclic) bond motifs is 1. The second-order valence-electron chi connectivity index (χ2n) is 5.00. The number of halogens is 1. The van der Waals surface area contributed by atoms with Crippen molar-refractivity contribution in [1.29, 1.82) is 0 Å². The predicted octanol–water partition coefficient (Wildman–Crippen LogP) is 2.19. The van der Waals surface area contributed by atoms with Gasteiger partial charge in [-0.05, 0) is 31.1 Å². The van der Waals surface area contributed by atoms with Gasteiger partial charge in [0.1, 0.15) is 5.01 Å². The summed E-state index contributed by atoms with van der Waals surface area (Å²) in [6, 6.07) is 8.05. The topological polar surface area (TPSA) is 54.0 Å². The van der Waals surface area contributed by atoms with Gasteiger partial charge in [0.15, 0.2) is 0 Å². The summed E-state index contributed by atoms with van der Waals surface area (Å²) in [5.74, 6) is 0.691. The summed E-state index contributed by atoms with van der Waals surface area (Å²) in [6.07, 6.45) is 0. The molecule has 20 heavy (non-hydrogen) atoms. The standard InChI is InChI=1S/C14H17N3OS.ClH/c1-9(10-6-15-7-10)14(18)16-8-13-17-11-4-2-3-5-12(11)19-13;/h2-5,9-10,15H,6-8H2,1H3,(H,16,18);1H. The smallest absolute Gasteiger partial charge is 0.223 e. The fourth-order valence-electron chi connectivity index (χ4n) is 2.20. The summed E-state index contributed by atoms with van der Waals surface area (Å²) >= 11 is 1.64. The highest BCUT2D eigenvalue weighted by atomic mass is 35.5. The monoisotopic (exact) mass is 311 g/mol. The Morgan fingerprint density at radius 1 is 1.50 bits per heavy atom. The minimum atomic E-state index is 0. The van der Waals surface area contributed by atoms with Gasteiger partial charge in [-0.15, -0.1) is 23.7 Å². The Hall–Kier alpha value is -1.17. The lowest BCUT2D eigenvalue weighted by molar-refractivity contribution is -0.126. The first kappa shape index (κ1) is 15.2. The molecule has 6 heteroatoms. The zero-order chi connectivity index (χ0) is 13.2. The Kier molecular flexibility index (Phi) is 4.96. The minimum Gasteiger partial charge on any atom is -0.349 e.